The molecule has 3 N–H and O–H groups in total. The van der Waals surface area contributed by atoms with Gasteiger partial charge in [-0.15, -0.1) is 0 Å². The number of β-amino-alcohol motifs (C(OH)–C–C–N with tert-alkyl or cyclic N) is 1. The number of pyridine rings is 1. The van der Waals surface area contributed by atoms with E-state index in [0.717, 1.165) is 64.4 Å². The van der Waals surface area contributed by atoms with Gasteiger partial charge in [-0.25, -0.2) is 9.97 Å². The zero-order valence-corrected chi connectivity index (χ0v) is 18.8. The third-order valence-electron chi connectivity index (χ3n) is 6.25. The lowest BCUT2D eigenvalue weighted by Gasteiger charge is -2.33. The van der Waals surface area contributed by atoms with Crippen molar-refractivity contribution >= 4 is 33.9 Å². The van der Waals surface area contributed by atoms with E-state index in [0.29, 0.717) is 12.4 Å². The Bertz CT molecular complexity index is 1470. The molecule has 0 bridgehead atoms. The summed E-state index contributed by atoms with van der Waals surface area (Å²) in [6.45, 7) is 1.51. The molecule has 0 radical (unpaired) electrons. The van der Waals surface area contributed by atoms with Crippen LogP contribution in [0.1, 0.15) is 12.8 Å². The Labute approximate surface area is 196 Å². The largest absolute Gasteiger partial charge is 0.495 e. The van der Waals surface area contributed by atoms with E-state index in [1.165, 1.54) is 0 Å². The van der Waals surface area contributed by atoms with Gasteiger partial charge in [0.1, 0.15) is 5.75 Å². The number of H-pyrrole nitrogens is 1. The number of aliphatic hydroxyl groups is 1. The Morgan fingerprint density at radius 2 is 2.15 bits per heavy atom. The Morgan fingerprint density at radius 1 is 1.21 bits per heavy atom. The number of aromatic amines is 1. The summed E-state index contributed by atoms with van der Waals surface area (Å²) in [7, 11) is 1.67. The topological polar surface area (TPSA) is 104 Å². The van der Waals surface area contributed by atoms with E-state index < -0.39 is 0 Å². The van der Waals surface area contributed by atoms with E-state index in [1.807, 2.05) is 59.5 Å². The molecule has 0 aliphatic carbocycles. The predicted octanol–water partition coefficient (Wildman–Crippen LogP) is 3.99. The number of fused-ring (bicyclic) bond motifs is 2. The normalized spacial score (nSPS) is 16.3. The fourth-order valence-electron chi connectivity index (χ4n) is 4.56. The number of rotatable bonds is 5. The smallest absolute Gasteiger partial charge is 0.180 e. The lowest BCUT2D eigenvalue weighted by molar-refractivity contribution is 0.154. The summed E-state index contributed by atoms with van der Waals surface area (Å²) in [5.41, 5.74) is 6.10. The van der Waals surface area contributed by atoms with Gasteiger partial charge in [-0.05, 0) is 37.1 Å². The lowest BCUT2D eigenvalue weighted by Crippen LogP contribution is -2.38. The molecule has 1 aliphatic rings. The molecular weight excluding hydrogens is 430 g/mol. The van der Waals surface area contributed by atoms with Crippen molar-refractivity contribution < 1.29 is 9.84 Å². The number of methoxy groups -OCH3 is 1. The van der Waals surface area contributed by atoms with Crippen molar-refractivity contribution in [3.63, 3.8) is 0 Å². The van der Waals surface area contributed by atoms with Crippen LogP contribution in [0.4, 0.5) is 17.2 Å². The highest BCUT2D eigenvalue weighted by atomic mass is 16.5. The number of imidazole rings is 1. The summed E-state index contributed by atoms with van der Waals surface area (Å²) < 4.78 is 7.64. The molecule has 9 heteroatoms. The Morgan fingerprint density at radius 3 is 3.03 bits per heavy atom. The number of ether oxygens (including phenoxy) is 1. The number of hydrogen-bond acceptors (Lipinski definition) is 7. The van der Waals surface area contributed by atoms with Crippen LogP contribution in [0.5, 0.6) is 5.75 Å². The van der Waals surface area contributed by atoms with Crippen LogP contribution in [-0.2, 0) is 0 Å². The number of nitrogens with zero attached hydrogens (tertiary/aromatic N) is 5. The van der Waals surface area contributed by atoms with Gasteiger partial charge in [0.05, 0.1) is 35.6 Å². The van der Waals surface area contributed by atoms with E-state index >= 15 is 0 Å². The van der Waals surface area contributed by atoms with E-state index in [-0.39, 0.29) is 6.10 Å². The van der Waals surface area contributed by atoms with Crippen molar-refractivity contribution in [2.75, 3.05) is 30.4 Å². The standard InChI is InChI=1S/C25H25N7O2/c1-34-23-12-17(4-5-22(23)31-9-2-3-18(33)14-31)29-24-25-27-8-10-32(25)15-21(30-24)16-11-20-19(28-13-16)6-7-26-20/h4-8,10-13,15,18,26,33H,2-3,9,14H2,1H3,(H,29,30)/t18-/m0/s1. The quantitative estimate of drug-likeness (QED) is 0.368. The van der Waals surface area contributed by atoms with Crippen LogP contribution in [0.25, 0.3) is 27.9 Å². The first kappa shape index (κ1) is 20.5. The SMILES string of the molecule is COc1cc(Nc2nc(-c3cnc4cc[nH]c4c3)cn3ccnc23)ccc1N1CCC[C@H](O)C1. The van der Waals surface area contributed by atoms with Crippen LogP contribution >= 0.6 is 0 Å². The first-order valence-corrected chi connectivity index (χ1v) is 11.3. The highest BCUT2D eigenvalue weighted by Gasteiger charge is 2.21. The van der Waals surface area contributed by atoms with Gasteiger partial charge in [-0.1, -0.05) is 0 Å². The molecule has 34 heavy (non-hydrogen) atoms. The summed E-state index contributed by atoms with van der Waals surface area (Å²) >= 11 is 0. The highest BCUT2D eigenvalue weighted by Crippen LogP contribution is 2.34. The number of hydrogen-bond donors (Lipinski definition) is 3. The molecule has 1 fully saturated rings. The number of aromatic nitrogens is 5. The molecule has 5 heterocycles. The Balaban J connectivity index is 1.36. The molecule has 0 amide bonds. The summed E-state index contributed by atoms with van der Waals surface area (Å²) in [5, 5.41) is 13.5. The minimum absolute atomic E-state index is 0.309. The second kappa shape index (κ2) is 8.35. The van der Waals surface area contributed by atoms with Crippen molar-refractivity contribution in [3.8, 4) is 17.0 Å². The molecule has 4 aromatic heterocycles. The van der Waals surface area contributed by atoms with Crippen LogP contribution in [0.2, 0.25) is 0 Å². The fourth-order valence-corrected chi connectivity index (χ4v) is 4.56. The third-order valence-corrected chi connectivity index (χ3v) is 6.25. The van der Waals surface area contributed by atoms with Gasteiger partial charge in [0.15, 0.2) is 11.5 Å². The molecule has 1 aliphatic heterocycles. The van der Waals surface area contributed by atoms with Gasteiger partial charge in [0.2, 0.25) is 0 Å². The van der Waals surface area contributed by atoms with Crippen molar-refractivity contribution in [2.24, 2.45) is 0 Å². The minimum atomic E-state index is -0.309. The fraction of sp³-hybridized carbons (Fsp3) is 0.240. The highest BCUT2D eigenvalue weighted by molar-refractivity contribution is 5.81. The maximum atomic E-state index is 10.1. The van der Waals surface area contributed by atoms with Crippen LogP contribution in [-0.4, -0.2) is 55.7 Å². The molecule has 0 unspecified atom stereocenters. The number of anilines is 3. The zero-order chi connectivity index (χ0) is 23.1. The molecule has 0 spiro atoms. The molecular formula is C25H25N7O2. The van der Waals surface area contributed by atoms with Crippen molar-refractivity contribution in [2.45, 2.75) is 18.9 Å². The van der Waals surface area contributed by atoms with Gasteiger partial charge in [0.25, 0.3) is 0 Å². The van der Waals surface area contributed by atoms with Gasteiger partial charge in [-0.2, -0.15) is 0 Å². The van der Waals surface area contributed by atoms with Gasteiger partial charge < -0.3 is 29.4 Å². The molecule has 6 rings (SSSR count). The van der Waals surface area contributed by atoms with Crippen molar-refractivity contribution in [1.82, 2.24) is 24.3 Å². The lowest BCUT2D eigenvalue weighted by atomic mass is 10.1. The number of benzene rings is 1. The summed E-state index contributed by atoms with van der Waals surface area (Å²) in [6.07, 6.45) is 10.8. The summed E-state index contributed by atoms with van der Waals surface area (Å²) in [6, 6.07) is 9.97. The van der Waals surface area contributed by atoms with Crippen LogP contribution in [0.15, 0.2) is 61.3 Å². The van der Waals surface area contributed by atoms with E-state index in [2.05, 4.69) is 25.2 Å². The number of nitrogens with one attached hydrogen (secondary N) is 2. The Kier molecular flexibility index (Phi) is 5.03. The van der Waals surface area contributed by atoms with Crippen LogP contribution in [0, 0.1) is 0 Å². The average molecular weight is 456 g/mol. The molecule has 0 saturated carbocycles. The monoisotopic (exact) mass is 455 g/mol. The van der Waals surface area contributed by atoms with Crippen molar-refractivity contribution in [3.05, 3.63) is 61.3 Å². The average Bonchev–Trinajstić information content (AvgIpc) is 3.53. The second-order valence-corrected chi connectivity index (χ2v) is 8.52. The first-order valence-electron chi connectivity index (χ1n) is 11.3. The molecule has 1 atom stereocenters. The second-order valence-electron chi connectivity index (χ2n) is 8.52. The molecule has 5 aromatic rings. The van der Waals surface area contributed by atoms with E-state index in [9.17, 15) is 5.11 Å². The first-order chi connectivity index (χ1) is 16.7. The molecule has 172 valence electrons. The van der Waals surface area contributed by atoms with Crippen LogP contribution < -0.4 is 15.0 Å². The third kappa shape index (κ3) is 3.69. The van der Waals surface area contributed by atoms with Gasteiger partial charge in [-0.3, -0.25) is 4.98 Å². The minimum Gasteiger partial charge on any atom is -0.495 e. The summed E-state index contributed by atoms with van der Waals surface area (Å²) in [4.78, 5) is 19.3. The van der Waals surface area contributed by atoms with Crippen molar-refractivity contribution in [1.29, 1.82) is 0 Å². The number of aliphatic hydroxyl groups excluding tert-OH is 1. The predicted molar refractivity (Wildman–Crippen MR) is 132 cm³/mol. The maximum Gasteiger partial charge on any atom is 0.180 e. The zero-order valence-electron chi connectivity index (χ0n) is 18.8. The Hall–Kier alpha value is -4.11. The molecule has 1 aromatic carbocycles. The maximum absolute atomic E-state index is 10.1. The summed E-state index contributed by atoms with van der Waals surface area (Å²) in [5.74, 6) is 1.38. The van der Waals surface area contributed by atoms with Crippen LogP contribution in [0.3, 0.4) is 0 Å². The molecule has 1 saturated heterocycles. The van der Waals surface area contributed by atoms with E-state index in [4.69, 9.17) is 9.72 Å². The van der Waals surface area contributed by atoms with Gasteiger partial charge >= 0.3 is 0 Å². The molecule has 9 nitrogen and oxygen atoms in total. The van der Waals surface area contributed by atoms with Gasteiger partial charge in [0, 0.05) is 61.4 Å². The van der Waals surface area contributed by atoms with E-state index in [1.54, 1.807) is 13.3 Å². The number of piperidine rings is 1.